The Balaban J connectivity index is 1.48. The van der Waals surface area contributed by atoms with Gasteiger partial charge in [0.2, 0.25) is 5.91 Å². The number of nitrogens with zero attached hydrogens (tertiary/aromatic N) is 6. The number of carbonyl (C=O) groups is 1. The van der Waals surface area contributed by atoms with E-state index in [0.717, 1.165) is 23.6 Å². The average molecular weight is 491 g/mol. The molecule has 12 heteroatoms. The van der Waals surface area contributed by atoms with E-state index < -0.39 is 17.3 Å². The van der Waals surface area contributed by atoms with Crippen molar-refractivity contribution in [1.82, 2.24) is 19.9 Å². The van der Waals surface area contributed by atoms with E-state index in [0.29, 0.717) is 31.1 Å². The maximum atomic E-state index is 13.6. The molecule has 0 bridgehead atoms. The fraction of sp³-hybridized carbons (Fsp3) is 0.286. The number of anilines is 1. The third-order valence-electron chi connectivity index (χ3n) is 5.02. The fourth-order valence-corrected chi connectivity index (χ4v) is 4.96. The van der Waals surface area contributed by atoms with Crippen molar-refractivity contribution in [2.75, 3.05) is 36.8 Å². The van der Waals surface area contributed by atoms with Gasteiger partial charge in [0, 0.05) is 38.6 Å². The maximum Gasteiger partial charge on any atom is 0.417 e. The van der Waals surface area contributed by atoms with E-state index in [2.05, 4.69) is 15.0 Å². The van der Waals surface area contributed by atoms with Gasteiger partial charge in [-0.25, -0.2) is 9.97 Å². The molecule has 1 aliphatic rings. The average Bonchev–Trinajstić information content (AvgIpc) is 3.37. The Morgan fingerprint density at radius 3 is 2.64 bits per heavy atom. The lowest BCUT2D eigenvalue weighted by Gasteiger charge is -2.35. The summed E-state index contributed by atoms with van der Waals surface area (Å²) < 4.78 is 40.9. The van der Waals surface area contributed by atoms with Gasteiger partial charge in [0.05, 0.1) is 33.6 Å². The van der Waals surface area contributed by atoms with Gasteiger partial charge in [0.1, 0.15) is 16.9 Å². The minimum atomic E-state index is -4.71. The zero-order chi connectivity index (χ0) is 23.4. The standard InChI is InChI=1S/C21H17F3N6OS2/c22-21(23,24)15-10-16(17-2-1-9-32-17)28-20(14(15)11-25)33-13-19(31)30-7-5-29(6-8-30)18-12-26-3-4-27-18/h1-4,9-10,12H,5-8,13H2. The second kappa shape index (κ2) is 9.76. The van der Waals surface area contributed by atoms with Crippen LogP contribution in [0.2, 0.25) is 0 Å². The largest absolute Gasteiger partial charge is 0.417 e. The van der Waals surface area contributed by atoms with Gasteiger partial charge in [0.25, 0.3) is 0 Å². The Morgan fingerprint density at radius 1 is 1.24 bits per heavy atom. The van der Waals surface area contributed by atoms with Crippen molar-refractivity contribution in [3.8, 4) is 16.6 Å². The molecule has 1 fully saturated rings. The lowest BCUT2D eigenvalue weighted by Crippen LogP contribution is -2.49. The molecule has 1 amide bonds. The van der Waals surface area contributed by atoms with Crippen LogP contribution in [0.1, 0.15) is 11.1 Å². The van der Waals surface area contributed by atoms with Crippen LogP contribution in [0, 0.1) is 11.3 Å². The predicted molar refractivity (Wildman–Crippen MR) is 119 cm³/mol. The molecule has 1 aliphatic heterocycles. The molecular weight excluding hydrogens is 473 g/mol. The first-order valence-electron chi connectivity index (χ1n) is 9.84. The van der Waals surface area contributed by atoms with Gasteiger partial charge >= 0.3 is 6.18 Å². The number of thiophene rings is 1. The van der Waals surface area contributed by atoms with Crippen molar-refractivity contribution in [1.29, 1.82) is 5.26 Å². The fourth-order valence-electron chi connectivity index (χ4n) is 3.37. The third-order valence-corrected chi connectivity index (χ3v) is 6.87. The van der Waals surface area contributed by atoms with Gasteiger partial charge in [-0.05, 0) is 17.5 Å². The van der Waals surface area contributed by atoms with Crippen LogP contribution in [0.15, 0.2) is 47.2 Å². The number of aromatic nitrogens is 3. The highest BCUT2D eigenvalue weighted by atomic mass is 32.2. The number of carbonyl (C=O) groups excluding carboxylic acids is 1. The molecule has 3 aromatic rings. The van der Waals surface area contributed by atoms with Crippen LogP contribution >= 0.6 is 23.1 Å². The molecule has 0 spiro atoms. The van der Waals surface area contributed by atoms with E-state index in [9.17, 15) is 23.2 Å². The van der Waals surface area contributed by atoms with E-state index in [1.54, 1.807) is 47.1 Å². The summed E-state index contributed by atoms with van der Waals surface area (Å²) in [5.41, 5.74) is -1.48. The van der Waals surface area contributed by atoms with Gasteiger partial charge in [0.15, 0.2) is 0 Å². The molecule has 7 nitrogen and oxygen atoms in total. The van der Waals surface area contributed by atoms with Crippen molar-refractivity contribution in [2.24, 2.45) is 0 Å². The second-order valence-electron chi connectivity index (χ2n) is 7.04. The van der Waals surface area contributed by atoms with E-state index in [1.807, 2.05) is 4.90 Å². The summed E-state index contributed by atoms with van der Waals surface area (Å²) in [4.78, 5) is 29.5. The number of alkyl halides is 3. The van der Waals surface area contributed by atoms with Crippen LogP contribution in [-0.2, 0) is 11.0 Å². The molecule has 1 saturated heterocycles. The minimum Gasteiger partial charge on any atom is -0.352 e. The highest BCUT2D eigenvalue weighted by molar-refractivity contribution is 8.00. The van der Waals surface area contributed by atoms with Gasteiger partial charge in [-0.1, -0.05) is 17.8 Å². The number of pyridine rings is 1. The smallest absolute Gasteiger partial charge is 0.352 e. The summed E-state index contributed by atoms with van der Waals surface area (Å²) in [6.07, 6.45) is 0.127. The number of hydrogen-bond acceptors (Lipinski definition) is 8. The van der Waals surface area contributed by atoms with Crippen molar-refractivity contribution >= 4 is 34.8 Å². The van der Waals surface area contributed by atoms with Gasteiger partial charge in [-0.15, -0.1) is 11.3 Å². The van der Waals surface area contributed by atoms with Gasteiger partial charge < -0.3 is 9.80 Å². The van der Waals surface area contributed by atoms with Crippen LogP contribution < -0.4 is 4.90 Å². The summed E-state index contributed by atoms with van der Waals surface area (Å²) in [5, 5.41) is 11.1. The molecule has 4 rings (SSSR count). The zero-order valence-electron chi connectivity index (χ0n) is 17.1. The molecule has 170 valence electrons. The molecule has 0 radical (unpaired) electrons. The van der Waals surface area contributed by atoms with Crippen molar-refractivity contribution in [3.05, 3.63) is 53.3 Å². The number of halogens is 3. The van der Waals surface area contributed by atoms with Gasteiger partial charge in [-0.3, -0.25) is 9.78 Å². The van der Waals surface area contributed by atoms with Crippen LogP contribution in [0.3, 0.4) is 0 Å². The summed E-state index contributed by atoms with van der Waals surface area (Å²) in [7, 11) is 0. The van der Waals surface area contributed by atoms with Crippen molar-refractivity contribution < 1.29 is 18.0 Å². The van der Waals surface area contributed by atoms with Gasteiger partial charge in [-0.2, -0.15) is 18.4 Å². The molecular formula is C21H17F3N6OS2. The highest BCUT2D eigenvalue weighted by Crippen LogP contribution is 2.38. The molecule has 0 aromatic carbocycles. The normalized spacial score (nSPS) is 14.2. The van der Waals surface area contributed by atoms with E-state index in [4.69, 9.17) is 0 Å². The highest BCUT2D eigenvalue weighted by Gasteiger charge is 2.36. The minimum absolute atomic E-state index is 0.0951. The molecule has 0 unspecified atom stereocenters. The summed E-state index contributed by atoms with van der Waals surface area (Å²) in [5.74, 6) is 0.393. The molecule has 0 N–H and O–H groups in total. The van der Waals surface area contributed by atoms with E-state index in [-0.39, 0.29) is 22.4 Å². The Hall–Kier alpha value is -3.17. The Labute approximate surface area is 195 Å². The summed E-state index contributed by atoms with van der Waals surface area (Å²) >= 11 is 2.11. The zero-order valence-corrected chi connectivity index (χ0v) is 18.8. The van der Waals surface area contributed by atoms with Crippen LogP contribution in [0.5, 0.6) is 0 Å². The molecule has 0 saturated carbocycles. The number of thioether (sulfide) groups is 1. The third kappa shape index (κ3) is 5.26. The summed E-state index contributed by atoms with van der Waals surface area (Å²) in [6.45, 7) is 2.06. The number of nitriles is 1. The lowest BCUT2D eigenvalue weighted by atomic mass is 10.1. The van der Waals surface area contributed by atoms with E-state index >= 15 is 0 Å². The van der Waals surface area contributed by atoms with Crippen LogP contribution in [-0.4, -0.2) is 57.7 Å². The van der Waals surface area contributed by atoms with E-state index in [1.165, 1.54) is 11.3 Å². The Bertz CT molecular complexity index is 1160. The van der Waals surface area contributed by atoms with Crippen LogP contribution in [0.4, 0.5) is 19.0 Å². The molecule has 0 atom stereocenters. The first-order valence-corrected chi connectivity index (χ1v) is 11.7. The topological polar surface area (TPSA) is 86.0 Å². The molecule has 33 heavy (non-hydrogen) atoms. The number of amides is 1. The molecule has 4 heterocycles. The monoisotopic (exact) mass is 490 g/mol. The SMILES string of the molecule is N#Cc1c(C(F)(F)F)cc(-c2cccs2)nc1SCC(=O)N1CCN(c2cnccn2)CC1. The second-order valence-corrected chi connectivity index (χ2v) is 8.95. The van der Waals surface area contributed by atoms with Crippen molar-refractivity contribution in [3.63, 3.8) is 0 Å². The first kappa shape index (κ1) is 23.0. The van der Waals surface area contributed by atoms with Crippen molar-refractivity contribution in [2.45, 2.75) is 11.2 Å². The quantitative estimate of drug-likeness (QED) is 0.501. The van der Waals surface area contributed by atoms with Crippen LogP contribution in [0.25, 0.3) is 10.6 Å². The maximum absolute atomic E-state index is 13.6. The Morgan fingerprint density at radius 2 is 2.03 bits per heavy atom. The lowest BCUT2D eigenvalue weighted by molar-refractivity contribution is -0.138. The number of piperazine rings is 1. The summed E-state index contributed by atoms with van der Waals surface area (Å²) in [6, 6.07) is 5.89. The number of rotatable bonds is 5. The number of hydrogen-bond donors (Lipinski definition) is 0. The molecule has 0 aliphatic carbocycles. The first-order chi connectivity index (χ1) is 15.9. The Kier molecular flexibility index (Phi) is 6.80. The molecule has 3 aromatic heterocycles. The predicted octanol–water partition coefficient (Wildman–Crippen LogP) is 3.93.